The van der Waals surface area contributed by atoms with Crippen molar-refractivity contribution in [2.45, 2.75) is 19.4 Å². The second-order valence-corrected chi connectivity index (χ2v) is 7.85. The number of rotatable bonds is 7. The molecular formula is C25H25N3O5. The van der Waals surface area contributed by atoms with Gasteiger partial charge >= 0.3 is 12.0 Å². The fourth-order valence-electron chi connectivity index (χ4n) is 2.94. The number of benzene rings is 3. The Morgan fingerprint density at radius 1 is 0.758 bits per heavy atom. The first-order chi connectivity index (χ1) is 15.7. The van der Waals surface area contributed by atoms with E-state index in [-0.39, 0.29) is 6.03 Å². The van der Waals surface area contributed by atoms with Crippen LogP contribution in [0.4, 0.5) is 16.2 Å². The van der Waals surface area contributed by atoms with Gasteiger partial charge in [0.1, 0.15) is 11.3 Å². The number of ether oxygens (including phenoxy) is 1. The lowest BCUT2D eigenvalue weighted by atomic mass is 10.0. The predicted molar refractivity (Wildman–Crippen MR) is 127 cm³/mol. The van der Waals surface area contributed by atoms with Crippen LogP contribution in [0.3, 0.4) is 0 Å². The molecule has 3 aromatic rings. The minimum atomic E-state index is -1.36. The summed E-state index contributed by atoms with van der Waals surface area (Å²) in [5, 5.41) is 17.2. The van der Waals surface area contributed by atoms with Gasteiger partial charge < -0.3 is 25.8 Å². The van der Waals surface area contributed by atoms with Gasteiger partial charge in [0.05, 0.1) is 7.11 Å². The summed E-state index contributed by atoms with van der Waals surface area (Å²) in [6.45, 7) is 2.85. The molecule has 3 amide bonds. The fraction of sp³-hybridized carbons (Fsp3) is 0.160. The average Bonchev–Trinajstić information content (AvgIpc) is 2.80. The quantitative estimate of drug-likeness (QED) is 0.422. The molecule has 33 heavy (non-hydrogen) atoms. The topological polar surface area (TPSA) is 117 Å². The summed E-state index contributed by atoms with van der Waals surface area (Å²) >= 11 is 0. The summed E-state index contributed by atoms with van der Waals surface area (Å²) in [4.78, 5) is 35.7. The van der Waals surface area contributed by atoms with Crippen LogP contribution in [0.5, 0.6) is 5.75 Å². The number of hydrogen-bond acceptors (Lipinski definition) is 4. The van der Waals surface area contributed by atoms with Crippen LogP contribution in [0.2, 0.25) is 0 Å². The van der Waals surface area contributed by atoms with Crippen LogP contribution in [0.15, 0.2) is 72.8 Å². The molecular weight excluding hydrogens is 422 g/mol. The van der Waals surface area contributed by atoms with E-state index in [0.29, 0.717) is 22.7 Å². The Hall–Kier alpha value is -4.33. The first-order valence-corrected chi connectivity index (χ1v) is 10.2. The van der Waals surface area contributed by atoms with Gasteiger partial charge in [0.15, 0.2) is 0 Å². The smallest absolute Gasteiger partial charge is 0.328 e. The van der Waals surface area contributed by atoms with Crippen molar-refractivity contribution in [2.75, 3.05) is 17.7 Å². The van der Waals surface area contributed by atoms with Crippen LogP contribution in [0, 0.1) is 0 Å². The molecule has 0 spiro atoms. The first kappa shape index (κ1) is 23.3. The minimum Gasteiger partial charge on any atom is -0.497 e. The van der Waals surface area contributed by atoms with Gasteiger partial charge in [0.2, 0.25) is 0 Å². The van der Waals surface area contributed by atoms with Gasteiger partial charge in [0, 0.05) is 16.9 Å². The predicted octanol–water partition coefficient (Wildman–Crippen LogP) is 4.60. The zero-order valence-corrected chi connectivity index (χ0v) is 18.5. The van der Waals surface area contributed by atoms with E-state index < -0.39 is 17.4 Å². The molecule has 170 valence electrons. The number of hydrogen-bond donors (Lipinski definition) is 4. The Morgan fingerprint density at radius 3 is 1.67 bits per heavy atom. The third-order valence-electron chi connectivity index (χ3n) is 4.93. The number of aliphatic carboxylic acids is 1. The van der Waals surface area contributed by atoms with Crippen LogP contribution in [-0.2, 0) is 4.79 Å². The van der Waals surface area contributed by atoms with Gasteiger partial charge in [-0.2, -0.15) is 0 Å². The summed E-state index contributed by atoms with van der Waals surface area (Å²) in [6.07, 6.45) is 0. The van der Waals surface area contributed by atoms with E-state index in [1.807, 2.05) is 12.1 Å². The van der Waals surface area contributed by atoms with E-state index in [1.54, 1.807) is 67.8 Å². The maximum atomic E-state index is 12.3. The van der Waals surface area contributed by atoms with Crippen LogP contribution in [0.25, 0.3) is 11.1 Å². The highest BCUT2D eigenvalue weighted by Gasteiger charge is 2.29. The molecule has 8 heteroatoms. The molecule has 0 atom stereocenters. The van der Waals surface area contributed by atoms with Gasteiger partial charge in [-0.3, -0.25) is 4.79 Å². The molecule has 8 nitrogen and oxygen atoms in total. The molecule has 3 aromatic carbocycles. The van der Waals surface area contributed by atoms with Gasteiger partial charge in [0.25, 0.3) is 5.91 Å². The Balaban J connectivity index is 1.60. The Kier molecular flexibility index (Phi) is 6.97. The monoisotopic (exact) mass is 447 g/mol. The fourth-order valence-corrected chi connectivity index (χ4v) is 2.94. The molecule has 0 saturated heterocycles. The SMILES string of the molecule is COc1ccc(NC(=O)Nc2ccc(-c3ccc(C(=O)NC(C)(C)C(=O)O)cc3)cc2)cc1. The highest BCUT2D eigenvalue weighted by atomic mass is 16.5. The molecule has 0 aliphatic heterocycles. The van der Waals surface area contributed by atoms with E-state index in [1.165, 1.54) is 13.8 Å². The number of methoxy groups -OCH3 is 1. The molecule has 0 bridgehead atoms. The highest BCUT2D eigenvalue weighted by Crippen LogP contribution is 2.22. The highest BCUT2D eigenvalue weighted by molar-refractivity contribution is 6.00. The van der Waals surface area contributed by atoms with E-state index in [4.69, 9.17) is 9.84 Å². The summed E-state index contributed by atoms with van der Waals surface area (Å²) in [6, 6.07) is 20.7. The number of amides is 3. The summed E-state index contributed by atoms with van der Waals surface area (Å²) < 4.78 is 5.09. The Labute approximate surface area is 191 Å². The molecule has 0 unspecified atom stereocenters. The standard InChI is InChI=1S/C25H25N3O5/c1-25(2,23(30)31)28-22(29)18-6-4-16(5-7-18)17-8-10-19(11-9-17)26-24(32)27-20-12-14-21(33-3)15-13-20/h4-15H,1-3H3,(H,28,29)(H,30,31)(H2,26,27,32). The number of carbonyl (C=O) groups is 3. The van der Waals surface area contributed by atoms with Crippen molar-refractivity contribution < 1.29 is 24.2 Å². The third kappa shape index (κ3) is 6.10. The van der Waals surface area contributed by atoms with Crippen LogP contribution >= 0.6 is 0 Å². The number of nitrogens with one attached hydrogen (secondary N) is 3. The van der Waals surface area contributed by atoms with Crippen molar-refractivity contribution in [1.29, 1.82) is 0 Å². The van der Waals surface area contributed by atoms with Crippen molar-refractivity contribution >= 4 is 29.3 Å². The molecule has 0 radical (unpaired) electrons. The number of carboxylic acid groups (broad SMARTS) is 1. The van der Waals surface area contributed by atoms with Gasteiger partial charge in [-0.1, -0.05) is 24.3 Å². The molecule has 4 N–H and O–H groups in total. The van der Waals surface area contributed by atoms with Gasteiger partial charge in [-0.25, -0.2) is 9.59 Å². The largest absolute Gasteiger partial charge is 0.497 e. The van der Waals surface area contributed by atoms with E-state index in [9.17, 15) is 14.4 Å². The lowest BCUT2D eigenvalue weighted by Crippen LogP contribution is -2.49. The van der Waals surface area contributed by atoms with Crippen molar-refractivity contribution in [1.82, 2.24) is 5.32 Å². The van der Waals surface area contributed by atoms with Crippen molar-refractivity contribution in [3.63, 3.8) is 0 Å². The van der Waals surface area contributed by atoms with E-state index in [0.717, 1.165) is 11.1 Å². The molecule has 0 aliphatic carbocycles. The van der Waals surface area contributed by atoms with Gasteiger partial charge in [-0.05, 0) is 73.5 Å². The molecule has 3 rings (SSSR count). The van der Waals surface area contributed by atoms with Crippen LogP contribution in [-0.4, -0.2) is 35.7 Å². The third-order valence-corrected chi connectivity index (χ3v) is 4.93. The first-order valence-electron chi connectivity index (χ1n) is 10.2. The number of anilines is 2. The second kappa shape index (κ2) is 9.86. The maximum absolute atomic E-state index is 12.3. The lowest BCUT2D eigenvalue weighted by Gasteiger charge is -2.21. The number of urea groups is 1. The number of carbonyl (C=O) groups excluding carboxylic acids is 2. The van der Waals surface area contributed by atoms with Crippen molar-refractivity contribution in [3.05, 3.63) is 78.4 Å². The van der Waals surface area contributed by atoms with Crippen molar-refractivity contribution in [3.8, 4) is 16.9 Å². The minimum absolute atomic E-state index is 0.363. The van der Waals surface area contributed by atoms with E-state index in [2.05, 4.69) is 16.0 Å². The van der Waals surface area contributed by atoms with Crippen LogP contribution in [0.1, 0.15) is 24.2 Å². The molecule has 0 saturated carbocycles. The molecule has 0 fully saturated rings. The Morgan fingerprint density at radius 2 is 1.21 bits per heavy atom. The number of carboxylic acids is 1. The van der Waals surface area contributed by atoms with Gasteiger partial charge in [-0.15, -0.1) is 0 Å². The maximum Gasteiger partial charge on any atom is 0.328 e. The molecule has 0 aromatic heterocycles. The molecule has 0 heterocycles. The summed E-state index contributed by atoms with van der Waals surface area (Å²) in [5.74, 6) is -0.871. The zero-order chi connectivity index (χ0) is 24.0. The Bertz CT molecular complexity index is 1140. The lowest BCUT2D eigenvalue weighted by molar-refractivity contribution is -0.143. The molecule has 0 aliphatic rings. The normalized spacial score (nSPS) is 10.8. The summed E-state index contributed by atoms with van der Waals surface area (Å²) in [7, 11) is 1.58. The second-order valence-electron chi connectivity index (χ2n) is 7.85. The van der Waals surface area contributed by atoms with E-state index >= 15 is 0 Å². The van der Waals surface area contributed by atoms with Crippen molar-refractivity contribution in [2.24, 2.45) is 0 Å². The average molecular weight is 447 g/mol. The van der Waals surface area contributed by atoms with Crippen LogP contribution < -0.4 is 20.7 Å². The summed E-state index contributed by atoms with van der Waals surface area (Å²) in [5.41, 5.74) is 2.03. The zero-order valence-electron chi connectivity index (χ0n) is 18.5.